The van der Waals surface area contributed by atoms with Crippen molar-refractivity contribution < 1.29 is 22.4 Å². The second-order valence-electron chi connectivity index (χ2n) is 4.24. The van der Waals surface area contributed by atoms with Crippen molar-refractivity contribution in [2.45, 2.75) is 24.3 Å². The molecule has 0 amide bonds. The van der Waals surface area contributed by atoms with Crippen molar-refractivity contribution in [1.29, 1.82) is 0 Å². The highest BCUT2D eigenvalue weighted by Crippen LogP contribution is 2.21. The predicted molar refractivity (Wildman–Crippen MR) is 68.8 cm³/mol. The lowest BCUT2D eigenvalue weighted by atomic mass is 10.2. The van der Waals surface area contributed by atoms with E-state index in [4.69, 9.17) is 10.9 Å². The van der Waals surface area contributed by atoms with Gasteiger partial charge in [-0.2, -0.15) is 4.31 Å². The molecule has 0 radical (unpaired) electrons. The molecule has 1 atom stereocenters. The zero-order chi connectivity index (χ0) is 15.5. The van der Waals surface area contributed by atoms with Crippen LogP contribution in [0.4, 0.5) is 8.78 Å². The third kappa shape index (κ3) is 3.42. The van der Waals surface area contributed by atoms with E-state index < -0.39 is 32.6 Å². The zero-order valence-corrected chi connectivity index (χ0v) is 11.7. The standard InChI is InChI=1S/C11H15F2N3O3S/c1-7(5-11(14)15-17)16(2)20(18,19)10-6-8(12)3-4-9(10)13/h3-4,6-7,17H,5H2,1-2H3,(H2,14,15). The molecule has 0 aliphatic rings. The number of amidine groups is 1. The number of oxime groups is 1. The number of rotatable bonds is 5. The summed E-state index contributed by atoms with van der Waals surface area (Å²) in [7, 11) is -3.02. The van der Waals surface area contributed by atoms with Gasteiger partial charge in [0.15, 0.2) is 0 Å². The van der Waals surface area contributed by atoms with E-state index >= 15 is 0 Å². The highest BCUT2D eigenvalue weighted by Gasteiger charge is 2.29. The van der Waals surface area contributed by atoms with Crippen LogP contribution in [0.25, 0.3) is 0 Å². The molecule has 1 rings (SSSR count). The smallest absolute Gasteiger partial charge is 0.246 e. The van der Waals surface area contributed by atoms with Crippen LogP contribution in [0.3, 0.4) is 0 Å². The largest absolute Gasteiger partial charge is 0.409 e. The van der Waals surface area contributed by atoms with E-state index in [1.54, 1.807) is 0 Å². The lowest BCUT2D eigenvalue weighted by molar-refractivity contribution is 0.313. The maximum Gasteiger partial charge on any atom is 0.246 e. The van der Waals surface area contributed by atoms with Crippen molar-refractivity contribution in [3.63, 3.8) is 0 Å². The van der Waals surface area contributed by atoms with Gasteiger partial charge in [0.2, 0.25) is 10.0 Å². The van der Waals surface area contributed by atoms with Gasteiger partial charge in [-0.3, -0.25) is 0 Å². The van der Waals surface area contributed by atoms with Gasteiger partial charge in [-0.05, 0) is 25.1 Å². The van der Waals surface area contributed by atoms with Crippen LogP contribution in [-0.4, -0.2) is 36.9 Å². The molecule has 0 aliphatic carbocycles. The Morgan fingerprint density at radius 2 is 2.10 bits per heavy atom. The molecule has 1 aromatic carbocycles. The van der Waals surface area contributed by atoms with Gasteiger partial charge in [-0.15, -0.1) is 0 Å². The average Bonchev–Trinajstić information content (AvgIpc) is 2.40. The van der Waals surface area contributed by atoms with E-state index in [1.165, 1.54) is 14.0 Å². The van der Waals surface area contributed by atoms with Crippen molar-refractivity contribution in [1.82, 2.24) is 4.31 Å². The van der Waals surface area contributed by atoms with Crippen molar-refractivity contribution in [3.8, 4) is 0 Å². The molecule has 0 aromatic heterocycles. The SMILES string of the molecule is CC(CC(N)=NO)N(C)S(=O)(=O)c1cc(F)ccc1F. The zero-order valence-electron chi connectivity index (χ0n) is 10.9. The second kappa shape index (κ2) is 6.14. The topological polar surface area (TPSA) is 96.0 Å². The van der Waals surface area contributed by atoms with E-state index in [0.717, 1.165) is 16.4 Å². The molecule has 0 saturated heterocycles. The van der Waals surface area contributed by atoms with E-state index in [9.17, 15) is 17.2 Å². The first kappa shape index (κ1) is 16.3. The monoisotopic (exact) mass is 307 g/mol. The summed E-state index contributed by atoms with van der Waals surface area (Å²) in [6, 6.07) is 1.48. The summed E-state index contributed by atoms with van der Waals surface area (Å²) in [4.78, 5) is -0.758. The van der Waals surface area contributed by atoms with Gasteiger partial charge >= 0.3 is 0 Å². The van der Waals surface area contributed by atoms with Gasteiger partial charge in [-0.25, -0.2) is 17.2 Å². The number of halogens is 2. The molecule has 0 heterocycles. The Bertz CT molecular complexity index is 619. The molecule has 0 fully saturated rings. The summed E-state index contributed by atoms with van der Waals surface area (Å²) >= 11 is 0. The first-order valence-corrected chi connectivity index (χ1v) is 7.03. The molecule has 6 nitrogen and oxygen atoms in total. The fourth-order valence-electron chi connectivity index (χ4n) is 1.54. The lowest BCUT2D eigenvalue weighted by Crippen LogP contribution is -2.38. The number of hydrogen-bond donors (Lipinski definition) is 2. The maximum absolute atomic E-state index is 13.6. The molecule has 3 N–H and O–H groups in total. The minimum absolute atomic E-state index is 0.0524. The fourth-order valence-corrected chi connectivity index (χ4v) is 2.97. The Morgan fingerprint density at radius 3 is 2.65 bits per heavy atom. The molecule has 0 saturated carbocycles. The Morgan fingerprint density at radius 1 is 1.50 bits per heavy atom. The van der Waals surface area contributed by atoms with Crippen LogP contribution >= 0.6 is 0 Å². The van der Waals surface area contributed by atoms with Crippen LogP contribution in [-0.2, 0) is 10.0 Å². The average molecular weight is 307 g/mol. The third-order valence-corrected chi connectivity index (χ3v) is 4.79. The van der Waals surface area contributed by atoms with Crippen LogP contribution in [0.15, 0.2) is 28.3 Å². The summed E-state index contributed by atoms with van der Waals surface area (Å²) < 4.78 is 51.9. The summed E-state index contributed by atoms with van der Waals surface area (Å²) in [5, 5.41) is 11.2. The minimum atomic E-state index is -4.22. The van der Waals surface area contributed by atoms with Crippen LogP contribution < -0.4 is 5.73 Å². The van der Waals surface area contributed by atoms with Gasteiger partial charge < -0.3 is 10.9 Å². The molecule has 0 aliphatic heterocycles. The summed E-state index contributed by atoms with van der Waals surface area (Å²) in [6.07, 6.45) is -0.0524. The summed E-state index contributed by atoms with van der Waals surface area (Å²) in [5.41, 5.74) is 5.29. The van der Waals surface area contributed by atoms with Crippen molar-refractivity contribution in [2.75, 3.05) is 7.05 Å². The molecule has 1 aromatic rings. The number of hydrogen-bond acceptors (Lipinski definition) is 4. The molecule has 20 heavy (non-hydrogen) atoms. The molecule has 9 heteroatoms. The van der Waals surface area contributed by atoms with Crippen molar-refractivity contribution in [3.05, 3.63) is 29.8 Å². The number of nitrogens with zero attached hydrogens (tertiary/aromatic N) is 2. The van der Waals surface area contributed by atoms with Gasteiger partial charge in [0.25, 0.3) is 0 Å². The third-order valence-electron chi connectivity index (χ3n) is 2.80. The van der Waals surface area contributed by atoms with E-state index in [0.29, 0.717) is 6.07 Å². The Hall–Kier alpha value is -1.74. The van der Waals surface area contributed by atoms with Crippen LogP contribution in [0.5, 0.6) is 0 Å². The second-order valence-corrected chi connectivity index (χ2v) is 6.21. The van der Waals surface area contributed by atoms with Crippen molar-refractivity contribution in [2.24, 2.45) is 10.9 Å². The highest BCUT2D eigenvalue weighted by molar-refractivity contribution is 7.89. The van der Waals surface area contributed by atoms with Crippen LogP contribution in [0.1, 0.15) is 13.3 Å². The normalized spacial score (nSPS) is 14.6. The maximum atomic E-state index is 13.6. The quantitative estimate of drug-likeness (QED) is 0.368. The Kier molecular flexibility index (Phi) is 5.01. The van der Waals surface area contributed by atoms with Crippen LogP contribution in [0, 0.1) is 11.6 Å². The highest BCUT2D eigenvalue weighted by atomic mass is 32.2. The first-order chi connectivity index (χ1) is 9.20. The van der Waals surface area contributed by atoms with Gasteiger partial charge in [0.1, 0.15) is 22.4 Å². The molecular weight excluding hydrogens is 292 g/mol. The number of benzene rings is 1. The summed E-state index contributed by atoms with van der Waals surface area (Å²) in [5.74, 6) is -2.07. The van der Waals surface area contributed by atoms with Gasteiger partial charge in [0.05, 0.1) is 0 Å². The Balaban J connectivity index is 3.12. The molecule has 0 bridgehead atoms. The molecule has 1 unspecified atom stereocenters. The summed E-state index contributed by atoms with van der Waals surface area (Å²) in [6.45, 7) is 1.49. The molecular formula is C11H15F2N3O3S. The molecule has 0 spiro atoms. The number of sulfonamides is 1. The molecule has 112 valence electrons. The van der Waals surface area contributed by atoms with Crippen molar-refractivity contribution >= 4 is 15.9 Å². The fraction of sp³-hybridized carbons (Fsp3) is 0.364. The minimum Gasteiger partial charge on any atom is -0.409 e. The van der Waals surface area contributed by atoms with E-state index in [2.05, 4.69) is 5.16 Å². The first-order valence-electron chi connectivity index (χ1n) is 5.59. The van der Waals surface area contributed by atoms with Gasteiger partial charge in [0, 0.05) is 19.5 Å². The predicted octanol–water partition coefficient (Wildman–Crippen LogP) is 1.11. The van der Waals surface area contributed by atoms with Gasteiger partial charge in [-0.1, -0.05) is 5.16 Å². The Labute approximate surface area is 115 Å². The van der Waals surface area contributed by atoms with Crippen LogP contribution in [0.2, 0.25) is 0 Å². The number of nitrogens with two attached hydrogens (primary N) is 1. The lowest BCUT2D eigenvalue weighted by Gasteiger charge is -2.24. The van der Waals surface area contributed by atoms with E-state index in [-0.39, 0.29) is 12.3 Å². The van der Waals surface area contributed by atoms with E-state index in [1.807, 2.05) is 0 Å².